The normalized spacial score (nSPS) is 23.9. The van der Waals surface area contributed by atoms with Gasteiger partial charge in [0, 0.05) is 30.7 Å². The van der Waals surface area contributed by atoms with E-state index in [0.29, 0.717) is 36.2 Å². The van der Waals surface area contributed by atoms with Crippen LogP contribution in [0.1, 0.15) is 37.3 Å². The molecule has 0 aliphatic carbocycles. The van der Waals surface area contributed by atoms with Crippen molar-refractivity contribution < 1.29 is 22.4 Å². The summed E-state index contributed by atoms with van der Waals surface area (Å²) in [4.78, 5) is 18.1. The molecule has 164 valence electrons. The number of amides is 1. The lowest BCUT2D eigenvalue weighted by Crippen LogP contribution is -2.39. The quantitative estimate of drug-likeness (QED) is 0.494. The van der Waals surface area contributed by atoms with Crippen molar-refractivity contribution in [1.29, 1.82) is 0 Å². The number of halogens is 4. The molecule has 0 radical (unpaired) electrons. The van der Waals surface area contributed by atoms with E-state index in [-0.39, 0.29) is 11.4 Å². The van der Waals surface area contributed by atoms with Crippen LogP contribution in [-0.2, 0) is 11.0 Å². The summed E-state index contributed by atoms with van der Waals surface area (Å²) in [5.41, 5.74) is 0.383. The van der Waals surface area contributed by atoms with Gasteiger partial charge in [-0.3, -0.25) is 9.79 Å². The maximum atomic E-state index is 13.8. The Balaban J connectivity index is 1.65. The maximum Gasteiger partial charge on any atom is 0.418 e. The number of anilines is 2. The van der Waals surface area contributed by atoms with Gasteiger partial charge in [-0.2, -0.15) is 13.2 Å². The number of hydrogen-bond donors (Lipinski definition) is 1. The Kier molecular flexibility index (Phi) is 5.49. The summed E-state index contributed by atoms with van der Waals surface area (Å²) in [6, 6.07) is 7.89. The zero-order chi connectivity index (χ0) is 22.3. The molecule has 2 aliphatic heterocycles. The minimum absolute atomic E-state index is 0.0897. The van der Waals surface area contributed by atoms with Gasteiger partial charge >= 0.3 is 6.18 Å². The Morgan fingerprint density at radius 2 is 1.81 bits per heavy atom. The van der Waals surface area contributed by atoms with Gasteiger partial charge in [0.15, 0.2) is 0 Å². The molecule has 0 aromatic heterocycles. The number of nitrogens with zero attached hydrogens (tertiary/aromatic N) is 2. The Morgan fingerprint density at radius 3 is 2.48 bits per heavy atom. The first-order valence-electron chi connectivity index (χ1n) is 10.2. The molecule has 2 aliphatic rings. The van der Waals surface area contributed by atoms with Crippen LogP contribution in [0.15, 0.2) is 41.4 Å². The summed E-state index contributed by atoms with van der Waals surface area (Å²) in [5, 5.41) is 2.62. The minimum Gasteiger partial charge on any atom is -0.371 e. The summed E-state index contributed by atoms with van der Waals surface area (Å²) in [6.07, 6.45) is -2.28. The summed E-state index contributed by atoms with van der Waals surface area (Å²) < 4.78 is 55.1. The molecule has 2 aromatic rings. The predicted octanol–water partition coefficient (Wildman–Crippen LogP) is 5.77. The molecule has 4 nitrogen and oxygen atoms in total. The van der Waals surface area contributed by atoms with Gasteiger partial charge in [-0.15, -0.1) is 0 Å². The molecule has 1 N–H and O–H groups in total. The Morgan fingerprint density at radius 1 is 1.10 bits per heavy atom. The highest BCUT2D eigenvalue weighted by Crippen LogP contribution is 2.41. The van der Waals surface area contributed by atoms with E-state index in [2.05, 4.69) is 10.3 Å². The lowest BCUT2D eigenvalue weighted by molar-refractivity contribution is -0.137. The molecule has 2 aromatic carbocycles. The third-order valence-corrected chi connectivity index (χ3v) is 5.76. The third-order valence-electron chi connectivity index (χ3n) is 5.76. The van der Waals surface area contributed by atoms with Crippen molar-refractivity contribution in [2.24, 2.45) is 16.8 Å². The molecule has 4 rings (SSSR count). The van der Waals surface area contributed by atoms with Crippen LogP contribution in [0.2, 0.25) is 0 Å². The largest absolute Gasteiger partial charge is 0.418 e. The van der Waals surface area contributed by atoms with Gasteiger partial charge in [0.25, 0.3) is 0 Å². The number of aliphatic imine (C=N–C) groups is 1. The second-order valence-electron chi connectivity index (χ2n) is 8.53. The van der Waals surface area contributed by atoms with E-state index >= 15 is 0 Å². The SMILES string of the molecule is CC1CC(C)CN(c2ccc(N=CC3C(=O)Nc4ccc(F)cc43)cc2C(F)(F)F)C1. The molecule has 31 heavy (non-hydrogen) atoms. The second kappa shape index (κ2) is 7.98. The molecule has 0 saturated carbocycles. The molecule has 3 unspecified atom stereocenters. The van der Waals surface area contributed by atoms with Crippen molar-refractivity contribution in [2.45, 2.75) is 32.4 Å². The van der Waals surface area contributed by atoms with Crippen LogP contribution in [-0.4, -0.2) is 25.2 Å². The predicted molar refractivity (Wildman–Crippen MR) is 113 cm³/mol. The number of rotatable bonds is 3. The average molecular weight is 433 g/mol. The first-order valence-corrected chi connectivity index (χ1v) is 10.2. The summed E-state index contributed by atoms with van der Waals surface area (Å²) in [7, 11) is 0. The first kappa shape index (κ1) is 21.3. The van der Waals surface area contributed by atoms with Crippen molar-refractivity contribution >= 4 is 29.2 Å². The highest BCUT2D eigenvalue weighted by atomic mass is 19.4. The van der Waals surface area contributed by atoms with Gasteiger partial charge in [0.1, 0.15) is 11.7 Å². The van der Waals surface area contributed by atoms with E-state index < -0.39 is 29.4 Å². The van der Waals surface area contributed by atoms with E-state index in [1.807, 2.05) is 13.8 Å². The van der Waals surface area contributed by atoms with Gasteiger partial charge in [0.05, 0.1) is 11.3 Å². The molecule has 1 saturated heterocycles. The second-order valence-corrected chi connectivity index (χ2v) is 8.53. The van der Waals surface area contributed by atoms with Crippen molar-refractivity contribution in [3.05, 3.63) is 53.3 Å². The maximum absolute atomic E-state index is 13.8. The number of carbonyl (C=O) groups is 1. The molecule has 1 amide bonds. The van der Waals surface area contributed by atoms with Gasteiger partial charge in [0.2, 0.25) is 5.91 Å². The number of piperidine rings is 1. The van der Waals surface area contributed by atoms with Crippen LogP contribution in [0.3, 0.4) is 0 Å². The number of alkyl halides is 3. The lowest BCUT2D eigenvalue weighted by atomic mass is 9.91. The Hall–Kier alpha value is -2.90. The van der Waals surface area contributed by atoms with E-state index in [1.54, 1.807) is 4.90 Å². The van der Waals surface area contributed by atoms with Crippen LogP contribution < -0.4 is 10.2 Å². The van der Waals surface area contributed by atoms with E-state index in [1.165, 1.54) is 36.5 Å². The third kappa shape index (κ3) is 4.43. The number of benzene rings is 2. The molecular formula is C23H23F4N3O. The zero-order valence-corrected chi connectivity index (χ0v) is 17.2. The summed E-state index contributed by atoms with van der Waals surface area (Å²) >= 11 is 0. The monoisotopic (exact) mass is 433 g/mol. The van der Waals surface area contributed by atoms with Crippen LogP contribution in [0.5, 0.6) is 0 Å². The molecule has 0 bridgehead atoms. The Labute approximate surface area is 178 Å². The van der Waals surface area contributed by atoms with Crippen LogP contribution >= 0.6 is 0 Å². The minimum atomic E-state index is -4.54. The fourth-order valence-electron chi connectivity index (χ4n) is 4.53. The molecule has 1 fully saturated rings. The van der Waals surface area contributed by atoms with Crippen molar-refractivity contribution in [1.82, 2.24) is 0 Å². The lowest BCUT2D eigenvalue weighted by Gasteiger charge is -2.37. The van der Waals surface area contributed by atoms with E-state index in [4.69, 9.17) is 0 Å². The van der Waals surface area contributed by atoms with Gasteiger partial charge in [-0.05, 0) is 60.2 Å². The van der Waals surface area contributed by atoms with Crippen LogP contribution in [0, 0.1) is 17.7 Å². The molecule has 0 spiro atoms. The number of fused-ring (bicyclic) bond motifs is 1. The van der Waals surface area contributed by atoms with Gasteiger partial charge in [-0.1, -0.05) is 13.8 Å². The van der Waals surface area contributed by atoms with Crippen LogP contribution in [0.25, 0.3) is 0 Å². The van der Waals surface area contributed by atoms with Crippen LogP contribution in [0.4, 0.5) is 34.6 Å². The smallest absolute Gasteiger partial charge is 0.371 e. The topological polar surface area (TPSA) is 44.7 Å². The summed E-state index contributed by atoms with van der Waals surface area (Å²) in [6.45, 7) is 5.23. The first-order chi connectivity index (χ1) is 14.6. The highest BCUT2D eigenvalue weighted by molar-refractivity contribution is 6.12. The number of hydrogen-bond acceptors (Lipinski definition) is 3. The fraction of sp³-hybridized carbons (Fsp3) is 0.391. The van der Waals surface area contributed by atoms with E-state index in [9.17, 15) is 22.4 Å². The Bertz CT molecular complexity index is 1020. The van der Waals surface area contributed by atoms with Crippen molar-refractivity contribution in [3.63, 3.8) is 0 Å². The molecule has 2 heterocycles. The van der Waals surface area contributed by atoms with Gasteiger partial charge < -0.3 is 10.2 Å². The molecular weight excluding hydrogens is 410 g/mol. The molecule has 3 atom stereocenters. The van der Waals surface area contributed by atoms with Gasteiger partial charge in [-0.25, -0.2) is 4.39 Å². The van der Waals surface area contributed by atoms with Crippen molar-refractivity contribution in [3.8, 4) is 0 Å². The standard InChI is InChI=1S/C23H23F4N3O/c1-13-7-14(2)12-30(11-13)21-6-4-16(9-19(21)23(25,26)27)28-10-18-17-8-15(24)3-5-20(17)29-22(18)31/h3-6,8-10,13-14,18H,7,11-12H2,1-2H3,(H,29,31). The summed E-state index contributed by atoms with van der Waals surface area (Å²) in [5.74, 6) is -1.13. The number of nitrogens with one attached hydrogen (secondary N) is 1. The van der Waals surface area contributed by atoms with E-state index in [0.717, 1.165) is 12.5 Å². The highest BCUT2D eigenvalue weighted by Gasteiger charge is 2.37. The van der Waals surface area contributed by atoms with Crippen molar-refractivity contribution in [2.75, 3.05) is 23.3 Å². The average Bonchev–Trinajstić information content (AvgIpc) is 2.99. The zero-order valence-electron chi connectivity index (χ0n) is 17.2. The number of carbonyl (C=O) groups excluding carboxylic acids is 1. The fourth-order valence-corrected chi connectivity index (χ4v) is 4.53. The molecule has 8 heteroatoms.